The average molecular weight is 362 g/mol. The Labute approximate surface area is 158 Å². The van der Waals surface area contributed by atoms with Gasteiger partial charge in [0.25, 0.3) is 0 Å². The van der Waals surface area contributed by atoms with E-state index in [1.54, 1.807) is 17.2 Å². The van der Waals surface area contributed by atoms with Gasteiger partial charge in [-0.3, -0.25) is 4.79 Å². The highest BCUT2D eigenvalue weighted by molar-refractivity contribution is 5.92. The lowest BCUT2D eigenvalue weighted by atomic mass is 9.95. The fourth-order valence-electron chi connectivity index (χ4n) is 3.29. The van der Waals surface area contributed by atoms with Crippen LogP contribution >= 0.6 is 0 Å². The molecule has 0 aliphatic carbocycles. The highest BCUT2D eigenvalue weighted by Gasteiger charge is 2.25. The molecule has 7 heteroatoms. The number of hydrogen-bond acceptors (Lipinski definition) is 5. The Morgan fingerprint density at radius 2 is 1.74 bits per heavy atom. The summed E-state index contributed by atoms with van der Waals surface area (Å²) in [5.74, 6) is 1.10. The molecule has 27 heavy (non-hydrogen) atoms. The standard InChI is InChI=1S/C20H22N6O/c1-15-2-7-19(21-14-15)25-12-8-16(9-13-25)20(27)24-17-3-5-18(6-4-17)26-22-10-11-23-26/h2-7,10-11,14,16H,8-9,12-13H2,1H3,(H,24,27). The molecule has 0 bridgehead atoms. The van der Waals surface area contributed by atoms with Gasteiger partial charge in [-0.25, -0.2) is 4.98 Å². The first-order valence-corrected chi connectivity index (χ1v) is 9.14. The Balaban J connectivity index is 1.32. The van der Waals surface area contributed by atoms with Gasteiger partial charge in [0.2, 0.25) is 5.91 Å². The maximum absolute atomic E-state index is 12.6. The van der Waals surface area contributed by atoms with Gasteiger partial charge in [-0.2, -0.15) is 15.0 Å². The molecule has 0 saturated carbocycles. The van der Waals surface area contributed by atoms with Crippen molar-refractivity contribution in [3.63, 3.8) is 0 Å². The molecule has 1 aliphatic rings. The summed E-state index contributed by atoms with van der Waals surface area (Å²) in [5.41, 5.74) is 2.80. The lowest BCUT2D eigenvalue weighted by Gasteiger charge is -2.32. The molecule has 3 heterocycles. The zero-order chi connectivity index (χ0) is 18.6. The molecular formula is C20H22N6O. The molecule has 4 rings (SSSR count). The molecule has 1 N–H and O–H groups in total. The van der Waals surface area contributed by atoms with Crippen LogP contribution in [-0.2, 0) is 4.79 Å². The molecule has 7 nitrogen and oxygen atoms in total. The second kappa shape index (κ2) is 7.57. The summed E-state index contributed by atoms with van der Waals surface area (Å²) >= 11 is 0. The van der Waals surface area contributed by atoms with Gasteiger partial charge < -0.3 is 10.2 Å². The van der Waals surface area contributed by atoms with Gasteiger partial charge in [0.05, 0.1) is 18.1 Å². The molecule has 2 aromatic heterocycles. The minimum Gasteiger partial charge on any atom is -0.357 e. The zero-order valence-electron chi connectivity index (χ0n) is 15.2. The quantitative estimate of drug-likeness (QED) is 0.772. The van der Waals surface area contributed by atoms with E-state index in [0.717, 1.165) is 48.7 Å². The van der Waals surface area contributed by atoms with E-state index in [4.69, 9.17) is 0 Å². The van der Waals surface area contributed by atoms with E-state index in [1.165, 1.54) is 0 Å². The molecule has 0 unspecified atom stereocenters. The first kappa shape index (κ1) is 17.2. The minimum absolute atomic E-state index is 0.0270. The van der Waals surface area contributed by atoms with Crippen LogP contribution in [-0.4, -0.2) is 39.0 Å². The molecule has 1 aliphatic heterocycles. The lowest BCUT2D eigenvalue weighted by Crippen LogP contribution is -2.38. The van der Waals surface area contributed by atoms with E-state index < -0.39 is 0 Å². The maximum Gasteiger partial charge on any atom is 0.227 e. The summed E-state index contributed by atoms with van der Waals surface area (Å²) in [6, 6.07) is 11.7. The van der Waals surface area contributed by atoms with Gasteiger partial charge >= 0.3 is 0 Å². The first-order valence-electron chi connectivity index (χ1n) is 9.14. The van der Waals surface area contributed by atoms with Crippen molar-refractivity contribution in [3.8, 4) is 5.69 Å². The van der Waals surface area contributed by atoms with Gasteiger partial charge in [0.15, 0.2) is 0 Å². The number of nitrogens with zero attached hydrogens (tertiary/aromatic N) is 5. The molecule has 3 aromatic rings. The maximum atomic E-state index is 12.6. The fourth-order valence-corrected chi connectivity index (χ4v) is 3.29. The molecule has 0 spiro atoms. The van der Waals surface area contributed by atoms with E-state index in [1.807, 2.05) is 43.5 Å². The number of pyridine rings is 1. The summed E-state index contributed by atoms with van der Waals surface area (Å²) in [4.78, 5) is 20.9. The molecule has 0 radical (unpaired) electrons. The Bertz CT molecular complexity index is 881. The number of hydrogen-bond donors (Lipinski definition) is 1. The smallest absolute Gasteiger partial charge is 0.227 e. The lowest BCUT2D eigenvalue weighted by molar-refractivity contribution is -0.120. The first-order chi connectivity index (χ1) is 13.2. The number of carbonyl (C=O) groups excluding carboxylic acids is 1. The zero-order valence-corrected chi connectivity index (χ0v) is 15.2. The second-order valence-corrected chi connectivity index (χ2v) is 6.81. The van der Waals surface area contributed by atoms with Crippen molar-refractivity contribution in [2.45, 2.75) is 19.8 Å². The number of nitrogens with one attached hydrogen (secondary N) is 1. The number of piperidine rings is 1. The number of anilines is 2. The Hall–Kier alpha value is -3.22. The number of carbonyl (C=O) groups is 1. The van der Waals surface area contributed by atoms with Crippen molar-refractivity contribution < 1.29 is 4.79 Å². The van der Waals surface area contributed by atoms with E-state index in [-0.39, 0.29) is 11.8 Å². The number of amides is 1. The predicted octanol–water partition coefficient (Wildman–Crippen LogP) is 2.83. The van der Waals surface area contributed by atoms with Crippen LogP contribution < -0.4 is 10.2 Å². The molecule has 1 fully saturated rings. The Kier molecular flexibility index (Phi) is 4.82. The van der Waals surface area contributed by atoms with Crippen LogP contribution in [0.1, 0.15) is 18.4 Å². The largest absolute Gasteiger partial charge is 0.357 e. The summed E-state index contributed by atoms with van der Waals surface area (Å²) in [7, 11) is 0. The van der Waals surface area contributed by atoms with Crippen molar-refractivity contribution in [1.82, 2.24) is 20.0 Å². The van der Waals surface area contributed by atoms with Crippen molar-refractivity contribution >= 4 is 17.4 Å². The van der Waals surface area contributed by atoms with Crippen molar-refractivity contribution in [2.75, 3.05) is 23.3 Å². The number of aryl methyl sites for hydroxylation is 1. The van der Waals surface area contributed by atoms with E-state index in [9.17, 15) is 4.79 Å². The second-order valence-electron chi connectivity index (χ2n) is 6.81. The summed E-state index contributed by atoms with van der Waals surface area (Å²) < 4.78 is 0. The Morgan fingerprint density at radius 3 is 2.37 bits per heavy atom. The van der Waals surface area contributed by atoms with Crippen LogP contribution in [0.25, 0.3) is 5.69 Å². The van der Waals surface area contributed by atoms with Crippen molar-refractivity contribution in [3.05, 3.63) is 60.6 Å². The predicted molar refractivity (Wildman–Crippen MR) is 104 cm³/mol. The normalized spacial score (nSPS) is 14.9. The number of benzene rings is 1. The van der Waals surface area contributed by atoms with Gasteiger partial charge in [0, 0.05) is 30.9 Å². The number of rotatable bonds is 4. The fraction of sp³-hybridized carbons (Fsp3) is 0.300. The summed E-state index contributed by atoms with van der Waals surface area (Å²) in [6.45, 7) is 3.72. The SMILES string of the molecule is Cc1ccc(N2CCC(C(=O)Nc3ccc(-n4nccn4)cc3)CC2)nc1. The van der Waals surface area contributed by atoms with Crippen molar-refractivity contribution in [2.24, 2.45) is 5.92 Å². The van der Waals surface area contributed by atoms with E-state index in [0.29, 0.717) is 0 Å². The molecular weight excluding hydrogens is 340 g/mol. The third-order valence-corrected chi connectivity index (χ3v) is 4.87. The van der Waals surface area contributed by atoms with Crippen LogP contribution in [0.4, 0.5) is 11.5 Å². The summed E-state index contributed by atoms with van der Waals surface area (Å²) in [6.07, 6.45) is 6.81. The molecule has 1 aromatic carbocycles. The highest BCUT2D eigenvalue weighted by atomic mass is 16.1. The molecule has 0 atom stereocenters. The van der Waals surface area contributed by atoms with E-state index >= 15 is 0 Å². The van der Waals surface area contributed by atoms with Gasteiger partial charge in [-0.15, -0.1) is 0 Å². The third kappa shape index (κ3) is 3.97. The topological polar surface area (TPSA) is 75.9 Å². The van der Waals surface area contributed by atoms with Crippen LogP contribution in [0.15, 0.2) is 55.0 Å². The van der Waals surface area contributed by atoms with Gasteiger partial charge in [-0.1, -0.05) is 6.07 Å². The third-order valence-electron chi connectivity index (χ3n) is 4.87. The van der Waals surface area contributed by atoms with Crippen LogP contribution in [0.3, 0.4) is 0 Å². The monoisotopic (exact) mass is 362 g/mol. The van der Waals surface area contributed by atoms with Crippen LogP contribution in [0.2, 0.25) is 0 Å². The van der Waals surface area contributed by atoms with Crippen LogP contribution in [0, 0.1) is 12.8 Å². The van der Waals surface area contributed by atoms with Crippen LogP contribution in [0.5, 0.6) is 0 Å². The minimum atomic E-state index is 0.0270. The molecule has 1 amide bonds. The van der Waals surface area contributed by atoms with Gasteiger partial charge in [0.1, 0.15) is 5.82 Å². The number of aromatic nitrogens is 4. The molecule has 1 saturated heterocycles. The Morgan fingerprint density at radius 1 is 1.04 bits per heavy atom. The molecule has 138 valence electrons. The van der Waals surface area contributed by atoms with Gasteiger partial charge in [-0.05, 0) is 55.7 Å². The van der Waals surface area contributed by atoms with E-state index in [2.05, 4.69) is 31.5 Å². The highest BCUT2D eigenvalue weighted by Crippen LogP contribution is 2.23. The summed E-state index contributed by atoms with van der Waals surface area (Å²) in [5, 5.41) is 11.2. The van der Waals surface area contributed by atoms with Crippen molar-refractivity contribution in [1.29, 1.82) is 0 Å². The average Bonchev–Trinajstić information content (AvgIpc) is 3.24.